The highest BCUT2D eigenvalue weighted by Crippen LogP contribution is 2.24. The summed E-state index contributed by atoms with van der Waals surface area (Å²) in [6, 6.07) is 18.8. The predicted octanol–water partition coefficient (Wildman–Crippen LogP) is 3.99. The number of nitrogens with one attached hydrogen (secondary N) is 1. The average Bonchev–Trinajstić information content (AvgIpc) is 3.06. The Morgan fingerprint density at radius 1 is 0.917 bits per heavy atom. The molecule has 2 aromatic carbocycles. The second-order valence-corrected chi connectivity index (χ2v) is 5.39. The molecule has 5 nitrogen and oxygen atoms in total. The van der Waals surface area contributed by atoms with E-state index in [0.717, 1.165) is 16.8 Å². The van der Waals surface area contributed by atoms with E-state index in [1.54, 1.807) is 18.3 Å². The first kappa shape index (κ1) is 14.1. The van der Waals surface area contributed by atoms with Crippen LogP contribution in [0.5, 0.6) is 0 Å². The van der Waals surface area contributed by atoms with Gasteiger partial charge >= 0.3 is 5.97 Å². The molecule has 0 atom stereocenters. The molecule has 0 unspecified atom stereocenters. The van der Waals surface area contributed by atoms with Gasteiger partial charge in [-0.15, -0.1) is 0 Å². The molecule has 0 saturated heterocycles. The molecule has 0 spiro atoms. The van der Waals surface area contributed by atoms with Gasteiger partial charge in [-0.25, -0.2) is 9.78 Å². The van der Waals surface area contributed by atoms with Crippen LogP contribution in [0, 0.1) is 0 Å². The summed E-state index contributed by atoms with van der Waals surface area (Å²) in [5.74, 6) is -0.387. The largest absolute Gasteiger partial charge is 0.478 e. The number of carboxylic acids is 1. The van der Waals surface area contributed by atoms with Crippen molar-refractivity contribution in [2.45, 2.75) is 0 Å². The number of pyridine rings is 1. The van der Waals surface area contributed by atoms with Crippen LogP contribution in [0.15, 0.2) is 66.9 Å². The van der Waals surface area contributed by atoms with Gasteiger partial charge in [0.1, 0.15) is 11.3 Å². The highest BCUT2D eigenvalue weighted by Gasteiger charge is 2.13. The Labute approximate surface area is 137 Å². The Bertz CT molecular complexity index is 1020. The van der Waals surface area contributed by atoms with Crippen LogP contribution in [-0.2, 0) is 0 Å². The second kappa shape index (κ2) is 5.62. The van der Waals surface area contributed by atoms with Gasteiger partial charge in [-0.1, -0.05) is 36.4 Å². The standard InChI is InChI=1S/C19H13N3O2/c23-19(24)14-7-4-8-16-17(14)22-18(21-16)13-9-10-15(20-11-13)12-5-2-1-3-6-12/h1-11H,(H,21,22)(H,23,24). The summed E-state index contributed by atoms with van der Waals surface area (Å²) in [4.78, 5) is 23.4. The number of carbonyl (C=O) groups is 1. The predicted molar refractivity (Wildman–Crippen MR) is 91.7 cm³/mol. The number of H-pyrrole nitrogens is 1. The molecule has 0 bridgehead atoms. The number of para-hydroxylation sites is 1. The second-order valence-electron chi connectivity index (χ2n) is 5.39. The van der Waals surface area contributed by atoms with E-state index in [1.165, 1.54) is 0 Å². The summed E-state index contributed by atoms with van der Waals surface area (Å²) in [7, 11) is 0. The molecule has 0 fully saturated rings. The summed E-state index contributed by atoms with van der Waals surface area (Å²) in [5.41, 5.74) is 4.05. The average molecular weight is 315 g/mol. The maximum atomic E-state index is 11.3. The zero-order valence-corrected chi connectivity index (χ0v) is 12.6. The number of benzene rings is 2. The number of rotatable bonds is 3. The monoisotopic (exact) mass is 315 g/mol. The van der Waals surface area contributed by atoms with Crippen molar-refractivity contribution >= 4 is 17.0 Å². The summed E-state index contributed by atoms with van der Waals surface area (Å²) in [6.45, 7) is 0. The SMILES string of the molecule is O=C(O)c1cccc2[nH]c(-c3ccc(-c4ccccc4)nc3)nc12. The maximum absolute atomic E-state index is 11.3. The third-order valence-corrected chi connectivity index (χ3v) is 3.85. The molecule has 0 aliphatic rings. The minimum Gasteiger partial charge on any atom is -0.478 e. The van der Waals surface area contributed by atoms with Crippen LogP contribution >= 0.6 is 0 Å². The van der Waals surface area contributed by atoms with Crippen molar-refractivity contribution in [3.63, 3.8) is 0 Å². The van der Waals surface area contributed by atoms with Crippen molar-refractivity contribution in [2.75, 3.05) is 0 Å². The molecule has 24 heavy (non-hydrogen) atoms. The van der Waals surface area contributed by atoms with Crippen LogP contribution in [-0.4, -0.2) is 26.0 Å². The minimum absolute atomic E-state index is 0.184. The Morgan fingerprint density at radius 2 is 1.75 bits per heavy atom. The van der Waals surface area contributed by atoms with Crippen molar-refractivity contribution in [1.82, 2.24) is 15.0 Å². The molecule has 0 aliphatic carbocycles. The molecule has 4 aromatic rings. The van der Waals surface area contributed by atoms with Gasteiger partial charge in [-0.3, -0.25) is 4.98 Å². The maximum Gasteiger partial charge on any atom is 0.337 e. The summed E-state index contributed by atoms with van der Waals surface area (Å²) < 4.78 is 0. The molecular weight excluding hydrogens is 302 g/mol. The molecule has 5 heteroatoms. The van der Waals surface area contributed by atoms with E-state index < -0.39 is 5.97 Å². The Morgan fingerprint density at radius 3 is 2.46 bits per heavy atom. The zero-order chi connectivity index (χ0) is 16.5. The van der Waals surface area contributed by atoms with Crippen LogP contribution in [0.2, 0.25) is 0 Å². The van der Waals surface area contributed by atoms with Gasteiger partial charge in [0.2, 0.25) is 0 Å². The van der Waals surface area contributed by atoms with Crippen molar-refractivity contribution in [3.8, 4) is 22.6 Å². The lowest BCUT2D eigenvalue weighted by atomic mass is 10.1. The number of aromatic carboxylic acids is 1. The van der Waals surface area contributed by atoms with Crippen molar-refractivity contribution in [2.24, 2.45) is 0 Å². The molecule has 0 radical (unpaired) electrons. The van der Waals surface area contributed by atoms with E-state index >= 15 is 0 Å². The van der Waals surface area contributed by atoms with E-state index in [4.69, 9.17) is 0 Å². The van der Waals surface area contributed by atoms with E-state index in [-0.39, 0.29) is 5.56 Å². The lowest BCUT2D eigenvalue weighted by Gasteiger charge is -2.01. The van der Waals surface area contributed by atoms with Crippen LogP contribution in [0.25, 0.3) is 33.7 Å². The third kappa shape index (κ3) is 2.42. The normalized spacial score (nSPS) is 10.8. The smallest absolute Gasteiger partial charge is 0.337 e. The van der Waals surface area contributed by atoms with Crippen molar-refractivity contribution < 1.29 is 9.90 Å². The third-order valence-electron chi connectivity index (χ3n) is 3.85. The van der Waals surface area contributed by atoms with Gasteiger partial charge in [0, 0.05) is 17.3 Å². The molecule has 0 amide bonds. The van der Waals surface area contributed by atoms with E-state index in [9.17, 15) is 9.90 Å². The summed E-state index contributed by atoms with van der Waals surface area (Å²) >= 11 is 0. The van der Waals surface area contributed by atoms with Gasteiger partial charge in [0.05, 0.1) is 16.8 Å². The zero-order valence-electron chi connectivity index (χ0n) is 12.6. The number of hydrogen-bond acceptors (Lipinski definition) is 3. The molecule has 0 aliphatic heterocycles. The fourth-order valence-electron chi connectivity index (χ4n) is 2.66. The molecule has 116 valence electrons. The highest BCUT2D eigenvalue weighted by atomic mass is 16.4. The van der Waals surface area contributed by atoms with E-state index in [0.29, 0.717) is 16.9 Å². The van der Waals surface area contributed by atoms with E-state index in [2.05, 4.69) is 15.0 Å². The van der Waals surface area contributed by atoms with Gasteiger partial charge in [0.25, 0.3) is 0 Å². The first-order valence-electron chi connectivity index (χ1n) is 7.46. The highest BCUT2D eigenvalue weighted by molar-refractivity contribution is 6.01. The number of nitrogens with zero attached hydrogens (tertiary/aromatic N) is 2. The van der Waals surface area contributed by atoms with Gasteiger partial charge in [-0.2, -0.15) is 0 Å². The molecule has 4 rings (SSSR count). The summed E-state index contributed by atoms with van der Waals surface area (Å²) in [5, 5.41) is 9.26. The van der Waals surface area contributed by atoms with Gasteiger partial charge in [-0.05, 0) is 24.3 Å². The fourth-order valence-corrected chi connectivity index (χ4v) is 2.66. The molecule has 2 heterocycles. The first-order valence-corrected chi connectivity index (χ1v) is 7.46. The van der Waals surface area contributed by atoms with Crippen LogP contribution in [0.4, 0.5) is 0 Å². The van der Waals surface area contributed by atoms with Crippen LogP contribution in [0.1, 0.15) is 10.4 Å². The summed E-state index contributed by atoms with van der Waals surface area (Å²) in [6.07, 6.45) is 1.74. The van der Waals surface area contributed by atoms with Crippen LogP contribution in [0.3, 0.4) is 0 Å². The van der Waals surface area contributed by atoms with Crippen LogP contribution < -0.4 is 0 Å². The molecule has 2 N–H and O–H groups in total. The quantitative estimate of drug-likeness (QED) is 0.599. The molecular formula is C19H13N3O2. The van der Waals surface area contributed by atoms with E-state index in [1.807, 2.05) is 48.5 Å². The first-order chi connectivity index (χ1) is 11.7. The number of aromatic amines is 1. The Kier molecular flexibility index (Phi) is 3.31. The lowest BCUT2D eigenvalue weighted by Crippen LogP contribution is -1.96. The van der Waals surface area contributed by atoms with Gasteiger partial charge in [0.15, 0.2) is 0 Å². The lowest BCUT2D eigenvalue weighted by molar-refractivity contribution is 0.0699. The fraction of sp³-hybridized carbons (Fsp3) is 0. The number of imidazole rings is 1. The molecule has 2 aromatic heterocycles. The van der Waals surface area contributed by atoms with Crippen molar-refractivity contribution in [3.05, 3.63) is 72.4 Å². The number of hydrogen-bond donors (Lipinski definition) is 2. The van der Waals surface area contributed by atoms with Gasteiger partial charge < -0.3 is 10.1 Å². The van der Waals surface area contributed by atoms with Crippen molar-refractivity contribution in [1.29, 1.82) is 0 Å². The number of fused-ring (bicyclic) bond motifs is 1. The number of aromatic nitrogens is 3. The molecule has 0 saturated carbocycles. The Hall–Kier alpha value is -3.47. The number of carboxylic acid groups (broad SMARTS) is 1. The Balaban J connectivity index is 1.75. The topological polar surface area (TPSA) is 78.9 Å². The minimum atomic E-state index is -0.990.